The van der Waals surface area contributed by atoms with Gasteiger partial charge in [0.25, 0.3) is 6.71 Å². The highest BCUT2D eigenvalue weighted by Crippen LogP contribution is 2.50. The van der Waals surface area contributed by atoms with Gasteiger partial charge in [-0.15, -0.1) is 0 Å². The summed E-state index contributed by atoms with van der Waals surface area (Å²) in [5.74, 6) is 0. The van der Waals surface area contributed by atoms with Crippen LogP contribution < -0.4 is 57.3 Å². The Hall–Kier alpha value is -10.2. The van der Waals surface area contributed by atoms with Gasteiger partial charge in [0, 0.05) is 55.9 Å². The zero-order valence-electron chi connectivity index (χ0n) is 52.1. The van der Waals surface area contributed by atoms with Gasteiger partial charge in [0.05, 0.1) is 26.2 Å². The molecule has 0 fully saturated rings. The lowest BCUT2D eigenvalue weighted by molar-refractivity contribution is 0.591. The standard InChI is InChI=1S/C85H68BN3Si2/c1-84(2,3)61-37-50-77-73(53-61)74-54-62-38-51-78(74)88(77)65-55-80-82-81(56-65)89(64-41-47-71(48-42-64)91(68-28-17-9-18-29-68,69-30-19-10-20-31-69)70-45-35-60(36-46-70)85(62,4)5)83-72(58-24-13-7-14-25-58)32-21-33-76(83)86(82)75-49-34-59(57-22-11-6-12-23-57)52-79(75)87(80)63-39-43-67(44-40-63)90-66-26-15-8-16-27-66/h6-56H,90H2,1-5H3. The third-order valence-corrected chi connectivity index (χ3v) is 26.9. The molecule has 0 saturated carbocycles. The van der Waals surface area contributed by atoms with E-state index in [4.69, 9.17) is 0 Å². The quantitative estimate of drug-likeness (QED) is 0.147. The van der Waals surface area contributed by atoms with E-state index in [2.05, 4.69) is 358 Å². The summed E-state index contributed by atoms with van der Waals surface area (Å²) in [6.45, 7) is 11.7. The van der Waals surface area contributed by atoms with E-state index in [0.29, 0.717) is 0 Å². The summed E-state index contributed by atoms with van der Waals surface area (Å²) in [5.41, 5.74) is 22.5. The summed E-state index contributed by atoms with van der Waals surface area (Å²) in [7, 11) is -3.72. The van der Waals surface area contributed by atoms with E-state index in [0.717, 1.165) is 17.1 Å². The Balaban J connectivity index is 1.02. The Morgan fingerprint density at radius 3 is 1.53 bits per heavy atom. The van der Waals surface area contributed by atoms with Gasteiger partial charge in [0.1, 0.15) is 0 Å². The number of anilines is 6. The van der Waals surface area contributed by atoms with Crippen molar-refractivity contribution in [2.75, 3.05) is 9.80 Å². The van der Waals surface area contributed by atoms with Gasteiger partial charge in [-0.25, -0.2) is 0 Å². The maximum atomic E-state index is 2.65. The lowest BCUT2D eigenvalue weighted by Crippen LogP contribution is -2.74. The minimum atomic E-state index is -3.00. The highest BCUT2D eigenvalue weighted by molar-refractivity contribution is 7.20. The lowest BCUT2D eigenvalue weighted by atomic mass is 9.33. The maximum Gasteiger partial charge on any atom is 0.252 e. The van der Waals surface area contributed by atoms with Crippen LogP contribution in [0.1, 0.15) is 51.3 Å². The fourth-order valence-electron chi connectivity index (χ4n) is 15.7. The predicted octanol–water partition coefficient (Wildman–Crippen LogP) is 14.6. The third kappa shape index (κ3) is 8.75. The number of hydrogen-bond donors (Lipinski definition) is 0. The molecule has 0 N–H and O–H groups in total. The van der Waals surface area contributed by atoms with Crippen LogP contribution in [0.25, 0.3) is 49.7 Å². The van der Waals surface area contributed by atoms with Crippen LogP contribution in [0.4, 0.5) is 34.1 Å². The molecule has 8 aliphatic rings. The third-order valence-electron chi connectivity index (χ3n) is 20.3. The van der Waals surface area contributed by atoms with E-state index in [1.807, 2.05) is 0 Å². The SMILES string of the molecule is CC(C)(C)c1ccc2c(c1)c1cc3ccc1n2-c1cc2c4c(c1)N(c1ccc(cc1)[Si](c1ccccc1)(c1ccccc1)c1ccc(cc1)C3(C)C)c1c(cccc1-c1ccccc1)B4c1ccc(-c3ccccc3)cc1N2c1ccc([SiH2]c2ccccc2)cc1. The first-order valence-corrected chi connectivity index (χ1v) is 35.6. The minimum Gasteiger partial charge on any atom is -0.311 e. The second kappa shape index (κ2) is 21.2. The van der Waals surface area contributed by atoms with Crippen molar-refractivity contribution in [3.8, 4) is 27.9 Å². The fraction of sp³-hybridized carbons (Fsp3) is 0.0824. The van der Waals surface area contributed by atoms with Crippen LogP contribution in [-0.2, 0) is 10.8 Å². The number of hydrogen-bond acceptors (Lipinski definition) is 2. The Bertz CT molecular complexity index is 5080. The van der Waals surface area contributed by atoms with Crippen LogP contribution in [0.15, 0.2) is 309 Å². The Morgan fingerprint density at radius 2 is 0.890 bits per heavy atom. The van der Waals surface area contributed by atoms with Gasteiger partial charge in [-0.05, 0) is 143 Å². The molecule has 3 nitrogen and oxygen atoms in total. The van der Waals surface area contributed by atoms with Crippen molar-refractivity contribution in [3.63, 3.8) is 0 Å². The molecule has 91 heavy (non-hydrogen) atoms. The first kappa shape index (κ1) is 54.9. The number of nitrogens with zero attached hydrogens (tertiary/aromatic N) is 3. The second-order valence-corrected chi connectivity index (χ2v) is 32.7. The van der Waals surface area contributed by atoms with Crippen LogP contribution in [0.5, 0.6) is 0 Å². The second-order valence-electron chi connectivity index (χ2n) is 26.9. The summed E-state index contributed by atoms with van der Waals surface area (Å²) in [5, 5.41) is 10.8. The van der Waals surface area contributed by atoms with Gasteiger partial charge in [-0.1, -0.05) is 288 Å². The monoisotopic (exact) mass is 1200 g/mol. The summed E-state index contributed by atoms with van der Waals surface area (Å²) in [6.07, 6.45) is 0. The van der Waals surface area contributed by atoms with E-state index in [1.54, 1.807) is 0 Å². The van der Waals surface area contributed by atoms with Gasteiger partial charge in [0.15, 0.2) is 8.07 Å². The maximum absolute atomic E-state index is 3.00. The largest absolute Gasteiger partial charge is 0.311 e. The molecule has 0 atom stereocenters. The number of rotatable bonds is 7. The molecule has 10 bridgehead atoms. The van der Waals surface area contributed by atoms with Crippen LogP contribution in [0, 0.1) is 0 Å². The zero-order valence-corrected chi connectivity index (χ0v) is 54.5. The molecule has 9 heterocycles. The first-order valence-electron chi connectivity index (χ1n) is 32.2. The van der Waals surface area contributed by atoms with Crippen LogP contribution in [0.2, 0.25) is 0 Å². The number of fused-ring (bicyclic) bond motifs is 5. The summed E-state index contributed by atoms with van der Waals surface area (Å²) in [4.78, 5) is 5.27. The van der Waals surface area contributed by atoms with Gasteiger partial charge < -0.3 is 14.4 Å². The van der Waals surface area contributed by atoms with Crippen molar-refractivity contribution in [1.82, 2.24) is 4.57 Å². The van der Waals surface area contributed by atoms with Gasteiger partial charge in [-0.3, -0.25) is 0 Å². The zero-order chi connectivity index (χ0) is 61.2. The Kier molecular flexibility index (Phi) is 12.8. The molecule has 0 amide bonds. The first-order chi connectivity index (χ1) is 44.5. The lowest BCUT2D eigenvalue weighted by Gasteiger charge is -2.45. The van der Waals surface area contributed by atoms with Crippen molar-refractivity contribution in [3.05, 3.63) is 326 Å². The molecule has 0 aliphatic carbocycles. The molecular formula is C85H68BN3Si2. The average molecular weight is 1200 g/mol. The van der Waals surface area contributed by atoms with E-state index in [9.17, 15) is 0 Å². The molecule has 434 valence electrons. The molecule has 8 aliphatic heterocycles. The van der Waals surface area contributed by atoms with Crippen LogP contribution >= 0.6 is 0 Å². The van der Waals surface area contributed by atoms with E-state index in [1.165, 1.54) is 131 Å². The van der Waals surface area contributed by atoms with E-state index >= 15 is 0 Å². The molecule has 0 radical (unpaired) electrons. The summed E-state index contributed by atoms with van der Waals surface area (Å²) >= 11 is 0. The summed E-state index contributed by atoms with van der Waals surface area (Å²) < 4.78 is 2.59. The molecule has 1 aromatic heterocycles. The van der Waals surface area contributed by atoms with Crippen LogP contribution in [0.3, 0.4) is 0 Å². The normalized spacial score (nSPS) is 14.3. The molecule has 13 aromatic carbocycles. The Morgan fingerprint density at radius 1 is 0.374 bits per heavy atom. The molecule has 6 heteroatoms. The predicted molar refractivity (Wildman–Crippen MR) is 394 cm³/mol. The average Bonchev–Trinajstić information content (AvgIpc) is 1.16. The molecule has 0 unspecified atom stereocenters. The topological polar surface area (TPSA) is 11.4 Å². The molecular weight excluding hydrogens is 1130 g/mol. The van der Waals surface area contributed by atoms with Crippen molar-refractivity contribution in [2.24, 2.45) is 0 Å². The highest BCUT2D eigenvalue weighted by atomic mass is 28.3. The van der Waals surface area contributed by atoms with Crippen molar-refractivity contribution in [2.45, 2.75) is 45.4 Å². The molecule has 22 rings (SSSR count). The fourth-order valence-corrected chi connectivity index (χ4v) is 21.8. The smallest absolute Gasteiger partial charge is 0.252 e. The van der Waals surface area contributed by atoms with Gasteiger partial charge in [-0.2, -0.15) is 0 Å². The highest BCUT2D eigenvalue weighted by Gasteiger charge is 2.46. The van der Waals surface area contributed by atoms with Gasteiger partial charge >= 0.3 is 0 Å². The Labute approximate surface area is 538 Å². The number of aromatic nitrogens is 1. The van der Waals surface area contributed by atoms with E-state index in [-0.39, 0.29) is 17.5 Å². The number of para-hydroxylation sites is 1. The van der Waals surface area contributed by atoms with Gasteiger partial charge in [0.2, 0.25) is 0 Å². The molecule has 0 saturated heterocycles. The van der Waals surface area contributed by atoms with Crippen LogP contribution in [-0.4, -0.2) is 28.9 Å². The van der Waals surface area contributed by atoms with Crippen molar-refractivity contribution in [1.29, 1.82) is 0 Å². The minimum absolute atomic E-state index is 0.0687. The molecule has 14 aromatic rings. The number of benzene rings is 13. The summed E-state index contributed by atoms with van der Waals surface area (Å²) in [6, 6.07) is 119. The van der Waals surface area contributed by atoms with Crippen molar-refractivity contribution >= 4 is 128 Å². The molecule has 0 spiro atoms. The van der Waals surface area contributed by atoms with Crippen molar-refractivity contribution < 1.29 is 0 Å². The van der Waals surface area contributed by atoms with E-state index < -0.39 is 17.6 Å².